The summed E-state index contributed by atoms with van der Waals surface area (Å²) in [6.07, 6.45) is 4.31. The number of allylic oxidation sites excluding steroid dienone is 1. The van der Waals surface area contributed by atoms with Gasteiger partial charge in [-0.3, -0.25) is 14.4 Å². The molecular formula is C20H28O4. The molecule has 2 aliphatic carbocycles. The molecule has 0 N–H and O–H groups in total. The molecular weight excluding hydrogens is 304 g/mol. The second-order valence-electron chi connectivity index (χ2n) is 8.86. The van der Waals surface area contributed by atoms with Crippen LogP contribution in [-0.2, 0) is 19.1 Å². The lowest BCUT2D eigenvalue weighted by molar-refractivity contribution is -0.221. The summed E-state index contributed by atoms with van der Waals surface area (Å²) in [5, 5.41) is 0. The van der Waals surface area contributed by atoms with E-state index in [1.54, 1.807) is 6.08 Å². The van der Waals surface area contributed by atoms with Gasteiger partial charge < -0.3 is 4.74 Å². The summed E-state index contributed by atoms with van der Waals surface area (Å²) >= 11 is 0. The van der Waals surface area contributed by atoms with Crippen LogP contribution in [0.3, 0.4) is 0 Å². The largest absolute Gasteiger partial charge is 0.450 e. The number of hydrogen-bond donors (Lipinski definition) is 0. The van der Waals surface area contributed by atoms with Gasteiger partial charge >= 0.3 is 5.97 Å². The smallest absolute Gasteiger partial charge is 0.307 e. The zero-order chi connectivity index (χ0) is 17.9. The number of carbonyl (C=O) groups excluding carboxylic acids is 3. The van der Waals surface area contributed by atoms with E-state index in [9.17, 15) is 14.4 Å². The molecule has 4 heteroatoms. The molecule has 0 amide bonds. The van der Waals surface area contributed by atoms with E-state index < -0.39 is 16.4 Å². The van der Waals surface area contributed by atoms with E-state index in [2.05, 4.69) is 20.8 Å². The summed E-state index contributed by atoms with van der Waals surface area (Å²) in [7, 11) is 0. The number of carbonyl (C=O) groups is 3. The number of Topliss-reactive ketones (excluding diaryl/α,β-unsaturated/α-hetero) is 1. The topological polar surface area (TPSA) is 60.4 Å². The Morgan fingerprint density at radius 3 is 2.33 bits per heavy atom. The number of fused-ring (bicyclic) bond motifs is 2. The molecule has 4 nitrogen and oxygen atoms in total. The highest BCUT2D eigenvalue weighted by Gasteiger charge is 2.67. The fourth-order valence-electron chi connectivity index (χ4n) is 5.27. The highest BCUT2D eigenvalue weighted by Crippen LogP contribution is 2.61. The van der Waals surface area contributed by atoms with E-state index >= 15 is 0 Å². The lowest BCUT2D eigenvalue weighted by Crippen LogP contribution is -2.67. The normalized spacial score (nSPS) is 38.8. The summed E-state index contributed by atoms with van der Waals surface area (Å²) in [5.74, 6) is -0.0568. The minimum atomic E-state index is -1.09. The first-order valence-electron chi connectivity index (χ1n) is 9.04. The molecule has 0 aromatic heterocycles. The summed E-state index contributed by atoms with van der Waals surface area (Å²) in [6.45, 7) is 10.1. The Kier molecular flexibility index (Phi) is 3.82. The van der Waals surface area contributed by atoms with Gasteiger partial charge in [0.05, 0.1) is 0 Å². The summed E-state index contributed by atoms with van der Waals surface area (Å²) < 4.78 is 5.81. The predicted octanol–water partition coefficient (Wildman–Crippen LogP) is 3.63. The Morgan fingerprint density at radius 1 is 1.08 bits per heavy atom. The van der Waals surface area contributed by atoms with Crippen molar-refractivity contribution in [3.05, 3.63) is 11.6 Å². The maximum atomic E-state index is 13.1. The molecule has 1 saturated heterocycles. The maximum Gasteiger partial charge on any atom is 0.307 e. The van der Waals surface area contributed by atoms with Crippen molar-refractivity contribution in [3.8, 4) is 0 Å². The molecule has 1 aliphatic heterocycles. The van der Waals surface area contributed by atoms with E-state index in [0.717, 1.165) is 12.0 Å². The van der Waals surface area contributed by atoms with Crippen molar-refractivity contribution in [1.29, 1.82) is 0 Å². The minimum Gasteiger partial charge on any atom is -0.450 e. The van der Waals surface area contributed by atoms with Crippen LogP contribution in [-0.4, -0.2) is 23.1 Å². The monoisotopic (exact) mass is 332 g/mol. The molecule has 0 radical (unpaired) electrons. The Morgan fingerprint density at radius 2 is 1.75 bits per heavy atom. The summed E-state index contributed by atoms with van der Waals surface area (Å²) in [5.41, 5.74) is -1.04. The molecule has 1 saturated carbocycles. The number of rotatable bonds is 1. The van der Waals surface area contributed by atoms with Gasteiger partial charge in [0.2, 0.25) is 0 Å². The molecule has 3 aliphatic rings. The first-order chi connectivity index (χ1) is 11.0. The molecule has 24 heavy (non-hydrogen) atoms. The second kappa shape index (κ2) is 5.27. The first kappa shape index (κ1) is 17.4. The summed E-state index contributed by atoms with van der Waals surface area (Å²) in [6, 6.07) is 0. The molecule has 3 rings (SSSR count). The fourth-order valence-corrected chi connectivity index (χ4v) is 5.27. The van der Waals surface area contributed by atoms with Crippen molar-refractivity contribution >= 4 is 17.5 Å². The Hall–Kier alpha value is -1.45. The van der Waals surface area contributed by atoms with Crippen molar-refractivity contribution in [3.63, 3.8) is 0 Å². The van der Waals surface area contributed by atoms with Crippen LogP contribution in [0.15, 0.2) is 11.6 Å². The van der Waals surface area contributed by atoms with Gasteiger partial charge in [-0.05, 0) is 37.2 Å². The molecule has 1 unspecified atom stereocenters. The number of ether oxygens (including phenoxy) is 1. The molecule has 0 aromatic rings. The zero-order valence-corrected chi connectivity index (χ0v) is 15.4. The van der Waals surface area contributed by atoms with Crippen molar-refractivity contribution in [2.75, 3.05) is 0 Å². The van der Waals surface area contributed by atoms with Gasteiger partial charge in [0, 0.05) is 23.7 Å². The van der Waals surface area contributed by atoms with Crippen LogP contribution in [0.4, 0.5) is 0 Å². The second-order valence-corrected chi connectivity index (χ2v) is 8.86. The van der Waals surface area contributed by atoms with E-state index in [1.807, 2.05) is 13.8 Å². The van der Waals surface area contributed by atoms with Crippen LogP contribution in [0.5, 0.6) is 0 Å². The van der Waals surface area contributed by atoms with E-state index in [4.69, 9.17) is 4.74 Å². The van der Waals surface area contributed by atoms with Crippen LogP contribution in [0.2, 0.25) is 0 Å². The van der Waals surface area contributed by atoms with E-state index in [-0.39, 0.29) is 29.9 Å². The SMILES string of the molecule is CC(C)C1=CC(=O)C2(CC1)OC(=O)C[C@@H]1C(C)(C)C(=O)CC[C@]12C. The van der Waals surface area contributed by atoms with Gasteiger partial charge in [-0.2, -0.15) is 0 Å². The van der Waals surface area contributed by atoms with Crippen LogP contribution < -0.4 is 0 Å². The van der Waals surface area contributed by atoms with Gasteiger partial charge in [-0.1, -0.05) is 40.2 Å². The van der Waals surface area contributed by atoms with Gasteiger partial charge in [0.15, 0.2) is 11.4 Å². The Balaban J connectivity index is 2.10. The third-order valence-electron chi connectivity index (χ3n) is 7.03. The van der Waals surface area contributed by atoms with E-state index in [0.29, 0.717) is 25.2 Å². The highest BCUT2D eigenvalue weighted by molar-refractivity contribution is 6.02. The van der Waals surface area contributed by atoms with E-state index in [1.165, 1.54) is 0 Å². The maximum absolute atomic E-state index is 13.1. The highest BCUT2D eigenvalue weighted by atomic mass is 16.6. The number of hydrogen-bond acceptors (Lipinski definition) is 4. The average Bonchev–Trinajstić information content (AvgIpc) is 2.49. The first-order valence-corrected chi connectivity index (χ1v) is 9.04. The molecule has 132 valence electrons. The standard InChI is InChI=1S/C20H28O4/c1-12(2)13-6-9-20(16(22)10-13)19(5)8-7-15(21)18(3,4)14(19)11-17(23)24-20/h10,12,14H,6-9,11H2,1-5H3/t14-,19-,20?/m1/s1. The van der Waals surface area contributed by atoms with Gasteiger partial charge in [0.1, 0.15) is 5.78 Å². The molecule has 3 atom stereocenters. The lowest BCUT2D eigenvalue weighted by Gasteiger charge is -2.60. The molecule has 1 heterocycles. The molecule has 1 spiro atoms. The van der Waals surface area contributed by atoms with Gasteiger partial charge in [0.25, 0.3) is 0 Å². The quantitative estimate of drug-likeness (QED) is 0.688. The molecule has 0 aromatic carbocycles. The average molecular weight is 332 g/mol. The van der Waals surface area contributed by atoms with Crippen molar-refractivity contribution in [2.24, 2.45) is 22.7 Å². The Bertz CT molecular complexity index is 642. The summed E-state index contributed by atoms with van der Waals surface area (Å²) in [4.78, 5) is 38.0. The van der Waals surface area contributed by atoms with Gasteiger partial charge in [-0.15, -0.1) is 0 Å². The minimum absolute atomic E-state index is 0.0804. The lowest BCUT2D eigenvalue weighted by atomic mass is 9.46. The Labute approximate surface area is 144 Å². The predicted molar refractivity (Wildman–Crippen MR) is 90.2 cm³/mol. The molecule has 0 bridgehead atoms. The van der Waals surface area contributed by atoms with Crippen LogP contribution in [0.1, 0.15) is 66.7 Å². The van der Waals surface area contributed by atoms with Crippen molar-refractivity contribution in [2.45, 2.75) is 72.3 Å². The van der Waals surface area contributed by atoms with Gasteiger partial charge in [-0.25, -0.2) is 0 Å². The number of esters is 1. The number of ketones is 2. The van der Waals surface area contributed by atoms with Crippen LogP contribution in [0, 0.1) is 22.7 Å². The van der Waals surface area contributed by atoms with Crippen LogP contribution >= 0.6 is 0 Å². The molecule has 2 fully saturated rings. The zero-order valence-electron chi connectivity index (χ0n) is 15.4. The van der Waals surface area contributed by atoms with Crippen molar-refractivity contribution in [1.82, 2.24) is 0 Å². The third kappa shape index (κ3) is 2.14. The van der Waals surface area contributed by atoms with Crippen LogP contribution in [0.25, 0.3) is 0 Å². The van der Waals surface area contributed by atoms with Crippen molar-refractivity contribution < 1.29 is 19.1 Å². The third-order valence-corrected chi connectivity index (χ3v) is 7.03. The fraction of sp³-hybridized carbons (Fsp3) is 0.750.